The van der Waals surface area contributed by atoms with E-state index in [4.69, 9.17) is 4.42 Å². The molecule has 0 saturated heterocycles. The third-order valence-electron chi connectivity index (χ3n) is 3.10. The standard InChI is InChI=1S/C18H13NO3S/c20-15(17-4-2-12-23-17)10-7-13-5-8-14(9-6-13)19-18(21)16-3-1-11-22-16/h1-12H,(H,19,21). The van der Waals surface area contributed by atoms with Crippen molar-refractivity contribution in [2.45, 2.75) is 0 Å². The Morgan fingerprint density at radius 2 is 1.87 bits per heavy atom. The molecule has 23 heavy (non-hydrogen) atoms. The highest BCUT2D eigenvalue weighted by Gasteiger charge is 2.08. The molecular formula is C18H13NO3S. The fourth-order valence-corrected chi connectivity index (χ4v) is 2.60. The maximum Gasteiger partial charge on any atom is 0.291 e. The van der Waals surface area contributed by atoms with Crippen molar-refractivity contribution < 1.29 is 14.0 Å². The molecule has 0 unspecified atom stereocenters. The molecule has 4 nitrogen and oxygen atoms in total. The molecule has 0 aliphatic carbocycles. The summed E-state index contributed by atoms with van der Waals surface area (Å²) in [5, 5.41) is 4.61. The number of amides is 1. The van der Waals surface area contributed by atoms with Crippen LogP contribution in [0.25, 0.3) is 6.08 Å². The van der Waals surface area contributed by atoms with E-state index in [0.717, 1.165) is 5.56 Å². The van der Waals surface area contributed by atoms with Gasteiger partial charge in [0.15, 0.2) is 11.5 Å². The van der Waals surface area contributed by atoms with Crippen molar-refractivity contribution in [3.05, 3.63) is 82.5 Å². The predicted octanol–water partition coefficient (Wildman–Crippen LogP) is 4.49. The molecule has 0 aliphatic heterocycles. The van der Waals surface area contributed by atoms with E-state index in [1.165, 1.54) is 17.6 Å². The Labute approximate surface area is 137 Å². The molecule has 114 valence electrons. The lowest BCUT2D eigenvalue weighted by molar-refractivity contribution is 0.0995. The molecule has 2 heterocycles. The molecule has 0 saturated carbocycles. The molecule has 3 aromatic rings. The van der Waals surface area contributed by atoms with Crippen LogP contribution in [0.3, 0.4) is 0 Å². The number of benzene rings is 1. The fourth-order valence-electron chi connectivity index (χ4n) is 1.95. The molecular weight excluding hydrogens is 310 g/mol. The Hall–Kier alpha value is -2.92. The third kappa shape index (κ3) is 3.84. The lowest BCUT2D eigenvalue weighted by Crippen LogP contribution is -2.10. The average molecular weight is 323 g/mol. The first-order chi connectivity index (χ1) is 11.2. The van der Waals surface area contributed by atoms with Gasteiger partial charge in [-0.1, -0.05) is 24.3 Å². The van der Waals surface area contributed by atoms with Gasteiger partial charge in [0.1, 0.15) is 0 Å². The molecule has 0 radical (unpaired) electrons. The number of allylic oxidation sites excluding steroid dienone is 1. The van der Waals surface area contributed by atoms with E-state index in [0.29, 0.717) is 10.6 Å². The number of ketones is 1. The highest BCUT2D eigenvalue weighted by atomic mass is 32.1. The van der Waals surface area contributed by atoms with Gasteiger partial charge in [-0.2, -0.15) is 0 Å². The lowest BCUT2D eigenvalue weighted by Gasteiger charge is -2.03. The van der Waals surface area contributed by atoms with Gasteiger partial charge in [0.25, 0.3) is 5.91 Å². The SMILES string of the molecule is O=C(Nc1ccc(C=CC(=O)c2cccs2)cc1)c1ccco1. The van der Waals surface area contributed by atoms with Crippen LogP contribution in [-0.2, 0) is 0 Å². The Morgan fingerprint density at radius 1 is 1.04 bits per heavy atom. The van der Waals surface area contributed by atoms with Gasteiger partial charge in [0.05, 0.1) is 11.1 Å². The van der Waals surface area contributed by atoms with Crippen LogP contribution in [0.15, 0.2) is 70.7 Å². The van der Waals surface area contributed by atoms with Gasteiger partial charge in [-0.15, -0.1) is 11.3 Å². The number of hydrogen-bond acceptors (Lipinski definition) is 4. The van der Waals surface area contributed by atoms with Crippen molar-refractivity contribution in [1.29, 1.82) is 0 Å². The molecule has 0 atom stereocenters. The minimum absolute atomic E-state index is 0.0183. The zero-order valence-corrected chi connectivity index (χ0v) is 12.9. The fraction of sp³-hybridized carbons (Fsp3) is 0. The van der Waals surface area contributed by atoms with E-state index >= 15 is 0 Å². The Morgan fingerprint density at radius 3 is 2.52 bits per heavy atom. The van der Waals surface area contributed by atoms with E-state index in [9.17, 15) is 9.59 Å². The number of nitrogens with one attached hydrogen (secondary N) is 1. The molecule has 0 spiro atoms. The van der Waals surface area contributed by atoms with Crippen molar-refractivity contribution in [1.82, 2.24) is 0 Å². The van der Waals surface area contributed by atoms with Gasteiger partial charge in [-0.25, -0.2) is 0 Å². The smallest absolute Gasteiger partial charge is 0.291 e. The van der Waals surface area contributed by atoms with Crippen molar-refractivity contribution >= 4 is 34.8 Å². The molecule has 0 aliphatic rings. The third-order valence-corrected chi connectivity index (χ3v) is 3.99. The van der Waals surface area contributed by atoms with E-state index in [2.05, 4.69) is 5.32 Å². The number of hydrogen-bond donors (Lipinski definition) is 1. The van der Waals surface area contributed by atoms with Crippen LogP contribution in [0, 0.1) is 0 Å². The monoisotopic (exact) mass is 323 g/mol. The first-order valence-corrected chi connectivity index (χ1v) is 7.81. The topological polar surface area (TPSA) is 59.3 Å². The van der Waals surface area contributed by atoms with Gasteiger partial charge in [-0.05, 0) is 47.4 Å². The summed E-state index contributed by atoms with van der Waals surface area (Å²) in [5.74, 6) is -0.0584. The second kappa shape index (κ2) is 6.89. The molecule has 0 bridgehead atoms. The summed E-state index contributed by atoms with van der Waals surface area (Å²) in [7, 11) is 0. The van der Waals surface area contributed by atoms with Gasteiger partial charge >= 0.3 is 0 Å². The molecule has 5 heteroatoms. The number of carbonyl (C=O) groups excluding carboxylic acids is 2. The maximum atomic E-state index is 11.9. The molecule has 3 rings (SSSR count). The van der Waals surface area contributed by atoms with Crippen molar-refractivity contribution in [3.8, 4) is 0 Å². The van der Waals surface area contributed by atoms with E-state index in [1.807, 2.05) is 23.6 Å². The van der Waals surface area contributed by atoms with Gasteiger partial charge in [0, 0.05) is 5.69 Å². The molecule has 1 amide bonds. The number of rotatable bonds is 5. The summed E-state index contributed by atoms with van der Waals surface area (Å²) < 4.78 is 5.03. The molecule has 2 aromatic heterocycles. The maximum absolute atomic E-state index is 11.9. The highest BCUT2D eigenvalue weighted by Crippen LogP contribution is 2.14. The summed E-state index contributed by atoms with van der Waals surface area (Å²) >= 11 is 1.42. The Bertz CT molecular complexity index is 816. The van der Waals surface area contributed by atoms with E-state index < -0.39 is 0 Å². The average Bonchev–Trinajstić information content (AvgIpc) is 3.27. The van der Waals surface area contributed by atoms with Crippen molar-refractivity contribution in [2.75, 3.05) is 5.32 Å². The van der Waals surface area contributed by atoms with Crippen LogP contribution in [-0.4, -0.2) is 11.7 Å². The predicted molar refractivity (Wildman–Crippen MR) is 90.8 cm³/mol. The van der Waals surface area contributed by atoms with Crippen LogP contribution in [0.1, 0.15) is 25.8 Å². The molecule has 1 N–H and O–H groups in total. The number of carbonyl (C=O) groups is 2. The molecule has 1 aromatic carbocycles. The Balaban J connectivity index is 1.63. The van der Waals surface area contributed by atoms with Gasteiger partial charge in [-0.3, -0.25) is 9.59 Å². The minimum atomic E-state index is -0.300. The second-order valence-corrected chi connectivity index (χ2v) is 5.68. The summed E-state index contributed by atoms with van der Waals surface area (Å²) in [4.78, 5) is 24.4. The largest absolute Gasteiger partial charge is 0.459 e. The summed E-state index contributed by atoms with van der Waals surface area (Å²) in [6.07, 6.45) is 4.75. The van der Waals surface area contributed by atoms with Crippen molar-refractivity contribution in [3.63, 3.8) is 0 Å². The number of anilines is 1. The number of furan rings is 1. The number of thiophene rings is 1. The highest BCUT2D eigenvalue weighted by molar-refractivity contribution is 7.12. The first kappa shape index (κ1) is 15.0. The quantitative estimate of drug-likeness (QED) is 0.556. The Kier molecular flexibility index (Phi) is 4.49. The normalized spacial score (nSPS) is 10.8. The summed E-state index contributed by atoms with van der Waals surface area (Å²) in [6.45, 7) is 0. The zero-order chi connectivity index (χ0) is 16.1. The summed E-state index contributed by atoms with van der Waals surface area (Å²) in [5.41, 5.74) is 1.54. The van der Waals surface area contributed by atoms with Crippen LogP contribution >= 0.6 is 11.3 Å². The van der Waals surface area contributed by atoms with E-state index in [1.54, 1.807) is 42.5 Å². The van der Waals surface area contributed by atoms with Crippen molar-refractivity contribution in [2.24, 2.45) is 0 Å². The van der Waals surface area contributed by atoms with Crippen LogP contribution in [0.2, 0.25) is 0 Å². The van der Waals surface area contributed by atoms with Gasteiger partial charge < -0.3 is 9.73 Å². The lowest BCUT2D eigenvalue weighted by atomic mass is 10.1. The van der Waals surface area contributed by atoms with E-state index in [-0.39, 0.29) is 17.5 Å². The summed E-state index contributed by atoms with van der Waals surface area (Å²) in [6, 6.07) is 14.1. The van der Waals surface area contributed by atoms with Crippen LogP contribution in [0.4, 0.5) is 5.69 Å². The zero-order valence-electron chi connectivity index (χ0n) is 12.1. The minimum Gasteiger partial charge on any atom is -0.459 e. The van der Waals surface area contributed by atoms with Crippen LogP contribution < -0.4 is 5.32 Å². The first-order valence-electron chi connectivity index (χ1n) is 6.93. The molecule has 0 fully saturated rings. The van der Waals surface area contributed by atoms with Gasteiger partial charge in [0.2, 0.25) is 0 Å². The second-order valence-electron chi connectivity index (χ2n) is 4.73. The van der Waals surface area contributed by atoms with Crippen LogP contribution in [0.5, 0.6) is 0 Å².